The second-order valence-corrected chi connectivity index (χ2v) is 4.86. The average Bonchev–Trinajstić information content (AvgIpc) is 2.97. The lowest BCUT2D eigenvalue weighted by Gasteiger charge is -2.25. The molecule has 0 saturated carbocycles. The summed E-state index contributed by atoms with van der Waals surface area (Å²) < 4.78 is 10.8. The van der Waals surface area contributed by atoms with E-state index in [1.54, 1.807) is 6.20 Å². The molecule has 1 unspecified atom stereocenters. The standard InChI is InChI=1S/C15H18N2O2/c1-16-15-4-2-3-11-5-6-12(9-14(11)15)18-10-13-7-8-17-19-13/h5-9,15-16H,2-4,10H2,1H3. The first-order chi connectivity index (χ1) is 9.36. The van der Waals surface area contributed by atoms with Gasteiger partial charge in [0.15, 0.2) is 5.76 Å². The molecule has 0 bridgehead atoms. The van der Waals surface area contributed by atoms with E-state index in [0.29, 0.717) is 12.6 Å². The Balaban J connectivity index is 1.76. The Bertz CT molecular complexity index is 537. The molecule has 2 aromatic rings. The summed E-state index contributed by atoms with van der Waals surface area (Å²) in [6, 6.07) is 8.61. The third kappa shape index (κ3) is 2.63. The molecule has 1 aromatic carbocycles. The van der Waals surface area contributed by atoms with Crippen molar-refractivity contribution in [1.29, 1.82) is 0 Å². The van der Waals surface area contributed by atoms with E-state index in [2.05, 4.69) is 22.6 Å². The molecule has 0 spiro atoms. The van der Waals surface area contributed by atoms with E-state index in [4.69, 9.17) is 9.26 Å². The molecule has 0 amide bonds. The van der Waals surface area contributed by atoms with Crippen molar-refractivity contribution < 1.29 is 9.26 Å². The van der Waals surface area contributed by atoms with Crippen LogP contribution in [0.1, 0.15) is 35.8 Å². The minimum absolute atomic E-state index is 0.420. The Morgan fingerprint density at radius 1 is 1.42 bits per heavy atom. The van der Waals surface area contributed by atoms with Crippen LogP contribution < -0.4 is 10.1 Å². The van der Waals surface area contributed by atoms with Crippen LogP contribution in [0.25, 0.3) is 0 Å². The third-order valence-electron chi connectivity index (χ3n) is 3.65. The van der Waals surface area contributed by atoms with Gasteiger partial charge in [-0.3, -0.25) is 0 Å². The number of hydrogen-bond donors (Lipinski definition) is 1. The maximum Gasteiger partial charge on any atom is 0.174 e. The summed E-state index contributed by atoms with van der Waals surface area (Å²) >= 11 is 0. The summed E-state index contributed by atoms with van der Waals surface area (Å²) in [4.78, 5) is 0. The molecule has 0 radical (unpaired) electrons. The van der Waals surface area contributed by atoms with Crippen LogP contribution in [0.5, 0.6) is 5.75 Å². The molecule has 1 aliphatic rings. The van der Waals surface area contributed by atoms with Gasteiger partial charge in [0, 0.05) is 12.1 Å². The predicted molar refractivity (Wildman–Crippen MR) is 72.0 cm³/mol. The first-order valence-electron chi connectivity index (χ1n) is 6.69. The lowest BCUT2D eigenvalue weighted by molar-refractivity contribution is 0.248. The van der Waals surface area contributed by atoms with Crippen LogP contribution in [-0.2, 0) is 13.0 Å². The summed E-state index contributed by atoms with van der Waals surface area (Å²) in [6.45, 7) is 0.420. The number of benzene rings is 1. The normalized spacial score (nSPS) is 18.1. The molecule has 1 N–H and O–H groups in total. The molecule has 1 aliphatic carbocycles. The third-order valence-corrected chi connectivity index (χ3v) is 3.65. The molecule has 0 fully saturated rings. The molecule has 3 rings (SSSR count). The highest BCUT2D eigenvalue weighted by molar-refractivity contribution is 5.39. The van der Waals surface area contributed by atoms with Crippen molar-refractivity contribution in [3.8, 4) is 5.75 Å². The van der Waals surface area contributed by atoms with E-state index in [9.17, 15) is 0 Å². The van der Waals surface area contributed by atoms with Gasteiger partial charge in [-0.05, 0) is 49.6 Å². The summed E-state index contributed by atoms with van der Waals surface area (Å²) in [5.74, 6) is 1.63. The van der Waals surface area contributed by atoms with Crippen molar-refractivity contribution in [3.63, 3.8) is 0 Å². The predicted octanol–water partition coefficient (Wildman–Crippen LogP) is 2.85. The van der Waals surface area contributed by atoms with Crippen LogP contribution in [-0.4, -0.2) is 12.2 Å². The summed E-state index contributed by atoms with van der Waals surface area (Å²) in [5.41, 5.74) is 2.79. The molecule has 1 heterocycles. The zero-order chi connectivity index (χ0) is 13.1. The number of ether oxygens (including phenoxy) is 1. The van der Waals surface area contributed by atoms with Crippen LogP contribution in [0, 0.1) is 0 Å². The summed E-state index contributed by atoms with van der Waals surface area (Å²) in [5, 5.41) is 7.04. The molecular formula is C15H18N2O2. The number of aromatic nitrogens is 1. The minimum Gasteiger partial charge on any atom is -0.486 e. The number of aryl methyl sites for hydroxylation is 1. The smallest absolute Gasteiger partial charge is 0.174 e. The fourth-order valence-electron chi connectivity index (χ4n) is 2.64. The maximum absolute atomic E-state index is 5.75. The van der Waals surface area contributed by atoms with Gasteiger partial charge >= 0.3 is 0 Å². The zero-order valence-electron chi connectivity index (χ0n) is 11.1. The van der Waals surface area contributed by atoms with E-state index >= 15 is 0 Å². The zero-order valence-corrected chi connectivity index (χ0v) is 11.1. The summed E-state index contributed by atoms with van der Waals surface area (Å²) in [6.07, 6.45) is 5.23. The number of nitrogens with one attached hydrogen (secondary N) is 1. The van der Waals surface area contributed by atoms with E-state index in [1.807, 2.05) is 19.2 Å². The van der Waals surface area contributed by atoms with Gasteiger partial charge in [-0.25, -0.2) is 0 Å². The van der Waals surface area contributed by atoms with Gasteiger partial charge in [0.05, 0.1) is 6.20 Å². The van der Waals surface area contributed by atoms with E-state index in [0.717, 1.165) is 17.9 Å². The molecule has 0 aliphatic heterocycles. The molecule has 0 saturated heterocycles. The Labute approximate surface area is 112 Å². The highest BCUT2D eigenvalue weighted by atomic mass is 16.5. The second kappa shape index (κ2) is 5.45. The topological polar surface area (TPSA) is 47.3 Å². The number of fused-ring (bicyclic) bond motifs is 1. The molecule has 4 heteroatoms. The minimum atomic E-state index is 0.420. The van der Waals surface area contributed by atoms with Gasteiger partial charge in [0.2, 0.25) is 0 Å². The quantitative estimate of drug-likeness (QED) is 0.916. The van der Waals surface area contributed by atoms with Crippen LogP contribution in [0.2, 0.25) is 0 Å². The van der Waals surface area contributed by atoms with Gasteiger partial charge in [-0.2, -0.15) is 0 Å². The molecule has 1 aromatic heterocycles. The Morgan fingerprint density at radius 3 is 3.16 bits per heavy atom. The van der Waals surface area contributed by atoms with Gasteiger partial charge < -0.3 is 14.6 Å². The van der Waals surface area contributed by atoms with Gasteiger partial charge in [0.1, 0.15) is 12.4 Å². The fourth-order valence-corrected chi connectivity index (χ4v) is 2.64. The van der Waals surface area contributed by atoms with Crippen LogP contribution >= 0.6 is 0 Å². The van der Waals surface area contributed by atoms with E-state index < -0.39 is 0 Å². The van der Waals surface area contributed by atoms with Gasteiger partial charge in [-0.1, -0.05) is 11.2 Å². The second-order valence-electron chi connectivity index (χ2n) is 4.86. The van der Waals surface area contributed by atoms with Gasteiger partial charge in [0.25, 0.3) is 0 Å². The van der Waals surface area contributed by atoms with Gasteiger partial charge in [-0.15, -0.1) is 0 Å². The number of rotatable bonds is 4. The molecule has 1 atom stereocenters. The van der Waals surface area contributed by atoms with Crippen molar-refractivity contribution >= 4 is 0 Å². The number of nitrogens with zero attached hydrogens (tertiary/aromatic N) is 1. The highest BCUT2D eigenvalue weighted by Crippen LogP contribution is 2.32. The van der Waals surface area contributed by atoms with Crippen molar-refractivity contribution in [3.05, 3.63) is 47.3 Å². The first-order valence-corrected chi connectivity index (χ1v) is 6.69. The van der Waals surface area contributed by atoms with E-state index in [-0.39, 0.29) is 0 Å². The van der Waals surface area contributed by atoms with Crippen molar-refractivity contribution in [1.82, 2.24) is 10.5 Å². The van der Waals surface area contributed by atoms with Crippen molar-refractivity contribution in [2.75, 3.05) is 7.05 Å². The average molecular weight is 258 g/mol. The first kappa shape index (κ1) is 12.2. The molecule has 4 nitrogen and oxygen atoms in total. The number of hydrogen-bond acceptors (Lipinski definition) is 4. The Kier molecular flexibility index (Phi) is 3.51. The van der Waals surface area contributed by atoms with Crippen LogP contribution in [0.4, 0.5) is 0 Å². The SMILES string of the molecule is CNC1CCCc2ccc(OCc3ccno3)cc21. The maximum atomic E-state index is 5.75. The van der Waals surface area contributed by atoms with Crippen LogP contribution in [0.3, 0.4) is 0 Å². The molecule has 19 heavy (non-hydrogen) atoms. The lowest BCUT2D eigenvalue weighted by Crippen LogP contribution is -2.21. The van der Waals surface area contributed by atoms with E-state index in [1.165, 1.54) is 24.0 Å². The lowest BCUT2D eigenvalue weighted by atomic mass is 9.87. The molecular weight excluding hydrogens is 240 g/mol. The Morgan fingerprint density at radius 2 is 2.37 bits per heavy atom. The largest absolute Gasteiger partial charge is 0.486 e. The fraction of sp³-hybridized carbons (Fsp3) is 0.400. The van der Waals surface area contributed by atoms with Crippen LogP contribution in [0.15, 0.2) is 35.0 Å². The Hall–Kier alpha value is -1.81. The molecule has 100 valence electrons. The van der Waals surface area contributed by atoms with Crippen molar-refractivity contribution in [2.24, 2.45) is 0 Å². The monoisotopic (exact) mass is 258 g/mol. The van der Waals surface area contributed by atoms with Crippen molar-refractivity contribution in [2.45, 2.75) is 31.9 Å². The highest BCUT2D eigenvalue weighted by Gasteiger charge is 2.19. The summed E-state index contributed by atoms with van der Waals surface area (Å²) in [7, 11) is 2.02.